The van der Waals surface area contributed by atoms with Gasteiger partial charge in [-0.1, -0.05) is 29.8 Å². The van der Waals surface area contributed by atoms with Crippen LogP contribution >= 0.6 is 11.6 Å². The number of benzene rings is 2. The molecule has 2 aromatic carbocycles. The summed E-state index contributed by atoms with van der Waals surface area (Å²) in [6.07, 6.45) is 6.62. The van der Waals surface area contributed by atoms with E-state index in [0.717, 1.165) is 40.5 Å². The number of nitrogens with one attached hydrogen (secondary N) is 1. The van der Waals surface area contributed by atoms with Gasteiger partial charge in [-0.3, -0.25) is 4.99 Å². The lowest BCUT2D eigenvalue weighted by Gasteiger charge is -2.11. The topological polar surface area (TPSA) is 42.2 Å². The zero-order valence-electron chi connectivity index (χ0n) is 12.8. The van der Waals surface area contributed by atoms with Gasteiger partial charge < -0.3 is 9.88 Å². The quantitative estimate of drug-likeness (QED) is 0.767. The number of aliphatic imine (C=N–C) groups is 1. The third-order valence-electron chi connectivity index (χ3n) is 4.35. The molecule has 4 nitrogen and oxygen atoms in total. The van der Waals surface area contributed by atoms with Crippen molar-refractivity contribution in [3.8, 4) is 0 Å². The highest BCUT2D eigenvalue weighted by molar-refractivity contribution is 6.38. The second-order valence-corrected chi connectivity index (χ2v) is 6.23. The Bertz CT molecular complexity index is 883. The minimum absolute atomic E-state index is 0.385. The van der Waals surface area contributed by atoms with E-state index in [1.165, 1.54) is 5.39 Å². The van der Waals surface area contributed by atoms with Gasteiger partial charge in [-0.25, -0.2) is 4.98 Å². The molecule has 1 aliphatic rings. The minimum atomic E-state index is 0.385. The molecule has 0 spiro atoms. The van der Waals surface area contributed by atoms with E-state index in [0.29, 0.717) is 6.04 Å². The maximum atomic E-state index is 6.30. The number of hydrogen-bond acceptors (Lipinski definition) is 2. The minimum Gasteiger partial charge on any atom is -0.339 e. The molecule has 3 aromatic rings. The lowest BCUT2D eigenvalue weighted by molar-refractivity contribution is 0.514. The third-order valence-corrected chi connectivity index (χ3v) is 4.68. The van der Waals surface area contributed by atoms with Crippen LogP contribution in [0.25, 0.3) is 10.8 Å². The summed E-state index contributed by atoms with van der Waals surface area (Å²) in [7, 11) is 0. The highest BCUT2D eigenvalue weighted by Gasteiger charge is 2.20. The summed E-state index contributed by atoms with van der Waals surface area (Å²) in [6.45, 7) is 2.94. The van der Waals surface area contributed by atoms with Gasteiger partial charge in [0.25, 0.3) is 0 Å². The van der Waals surface area contributed by atoms with Crippen molar-refractivity contribution in [2.45, 2.75) is 19.4 Å². The van der Waals surface area contributed by atoms with Crippen LogP contribution in [0.1, 0.15) is 24.9 Å². The molecule has 23 heavy (non-hydrogen) atoms. The van der Waals surface area contributed by atoms with E-state index in [2.05, 4.69) is 33.9 Å². The Kier molecular flexibility index (Phi) is 3.54. The highest BCUT2D eigenvalue weighted by atomic mass is 35.5. The average molecular weight is 325 g/mol. The summed E-state index contributed by atoms with van der Waals surface area (Å²) >= 11 is 6.30. The second-order valence-electron chi connectivity index (χ2n) is 5.83. The van der Waals surface area contributed by atoms with Crippen LogP contribution in [0, 0.1) is 0 Å². The Morgan fingerprint density at radius 1 is 1.30 bits per heavy atom. The molecule has 0 bridgehead atoms. The Balaban J connectivity index is 1.57. The molecule has 5 heteroatoms. The molecule has 0 fully saturated rings. The van der Waals surface area contributed by atoms with Crippen molar-refractivity contribution in [3.05, 3.63) is 59.6 Å². The molecule has 0 saturated heterocycles. The lowest BCUT2D eigenvalue weighted by Crippen LogP contribution is -2.10. The van der Waals surface area contributed by atoms with Crippen LogP contribution in [0.15, 0.2) is 54.0 Å². The van der Waals surface area contributed by atoms with Gasteiger partial charge in [0.2, 0.25) is 0 Å². The summed E-state index contributed by atoms with van der Waals surface area (Å²) < 4.78 is 2.11. The van der Waals surface area contributed by atoms with Gasteiger partial charge in [-0.15, -0.1) is 0 Å². The Hall–Kier alpha value is -2.33. The number of halogens is 1. The summed E-state index contributed by atoms with van der Waals surface area (Å²) in [5.74, 6) is 0.936. The molecule has 0 saturated carbocycles. The van der Waals surface area contributed by atoms with Crippen molar-refractivity contribution >= 4 is 33.9 Å². The van der Waals surface area contributed by atoms with Gasteiger partial charge in [-0.05, 0) is 25.5 Å². The van der Waals surface area contributed by atoms with Crippen molar-refractivity contribution in [3.63, 3.8) is 0 Å². The average Bonchev–Trinajstić information content (AvgIpc) is 3.20. The van der Waals surface area contributed by atoms with E-state index >= 15 is 0 Å². The maximum absolute atomic E-state index is 6.30. The molecular weight excluding hydrogens is 308 g/mol. The number of anilines is 1. The van der Waals surface area contributed by atoms with E-state index < -0.39 is 0 Å². The second kappa shape index (κ2) is 5.70. The van der Waals surface area contributed by atoms with Crippen molar-refractivity contribution in [1.82, 2.24) is 9.55 Å². The van der Waals surface area contributed by atoms with Gasteiger partial charge in [0.15, 0.2) is 0 Å². The molecule has 0 radical (unpaired) electrons. The zero-order chi connectivity index (χ0) is 15.8. The van der Waals surface area contributed by atoms with Gasteiger partial charge in [0, 0.05) is 52.0 Å². The van der Waals surface area contributed by atoms with E-state index in [-0.39, 0.29) is 0 Å². The first-order valence-corrected chi connectivity index (χ1v) is 8.12. The zero-order valence-corrected chi connectivity index (χ0v) is 13.6. The summed E-state index contributed by atoms with van der Waals surface area (Å²) in [5, 5.41) is 6.44. The van der Waals surface area contributed by atoms with Crippen molar-refractivity contribution in [2.24, 2.45) is 4.99 Å². The predicted molar refractivity (Wildman–Crippen MR) is 95.5 cm³/mol. The number of hydrogen-bond donors (Lipinski definition) is 1. The number of amidine groups is 1. The largest absolute Gasteiger partial charge is 0.339 e. The van der Waals surface area contributed by atoms with Crippen molar-refractivity contribution in [2.75, 3.05) is 11.9 Å². The molecular formula is C18H17ClN4. The molecule has 1 atom stereocenters. The molecule has 1 aromatic heterocycles. The third kappa shape index (κ3) is 2.49. The van der Waals surface area contributed by atoms with Crippen molar-refractivity contribution < 1.29 is 0 Å². The molecule has 1 aliphatic heterocycles. The molecule has 1 unspecified atom stereocenters. The fourth-order valence-corrected chi connectivity index (χ4v) is 3.26. The number of aromatic nitrogens is 2. The number of rotatable bonds is 4. The van der Waals surface area contributed by atoms with E-state index in [1.54, 1.807) is 0 Å². The highest BCUT2D eigenvalue weighted by Crippen LogP contribution is 2.37. The lowest BCUT2D eigenvalue weighted by atomic mass is 10.1. The predicted octanol–water partition coefficient (Wildman–Crippen LogP) is 4.51. The van der Waals surface area contributed by atoms with Crippen LogP contribution in [0.5, 0.6) is 0 Å². The van der Waals surface area contributed by atoms with Gasteiger partial charge >= 0.3 is 0 Å². The molecule has 2 heterocycles. The van der Waals surface area contributed by atoms with Gasteiger partial charge in [-0.2, -0.15) is 0 Å². The van der Waals surface area contributed by atoms with Crippen LogP contribution in [0.2, 0.25) is 5.02 Å². The molecule has 4 rings (SSSR count). The van der Waals surface area contributed by atoms with Gasteiger partial charge in [0.05, 0.1) is 6.33 Å². The van der Waals surface area contributed by atoms with Crippen LogP contribution < -0.4 is 5.32 Å². The van der Waals surface area contributed by atoms with Crippen LogP contribution in [-0.4, -0.2) is 21.9 Å². The van der Waals surface area contributed by atoms with Crippen molar-refractivity contribution in [1.29, 1.82) is 0 Å². The normalized spacial score (nSPS) is 16.0. The van der Waals surface area contributed by atoms with E-state index in [4.69, 9.17) is 16.6 Å². The Labute approximate surface area is 139 Å². The standard InChI is InChI=1S/C18H17ClN4/c1-12(23-10-9-20-11-23)7-8-21-18-14-4-2-3-13-15(19)5-6-16(22-18)17(13)14/h2-6,9-12H,7-8H2,1H3,(H,21,22). The number of imidazole rings is 1. The SMILES string of the molecule is CC(CCN=C1Nc2ccc(Cl)c3cccc1c23)n1ccnc1. The van der Waals surface area contributed by atoms with E-state index in [9.17, 15) is 0 Å². The summed E-state index contributed by atoms with van der Waals surface area (Å²) in [5.41, 5.74) is 2.22. The first-order valence-electron chi connectivity index (χ1n) is 7.74. The van der Waals surface area contributed by atoms with Gasteiger partial charge in [0.1, 0.15) is 5.84 Å². The van der Waals surface area contributed by atoms with E-state index in [1.807, 2.05) is 36.9 Å². The van der Waals surface area contributed by atoms with Crippen LogP contribution in [0.4, 0.5) is 5.69 Å². The summed E-state index contributed by atoms with van der Waals surface area (Å²) in [4.78, 5) is 8.86. The molecule has 1 N–H and O–H groups in total. The molecule has 116 valence electrons. The smallest absolute Gasteiger partial charge is 0.133 e. The first kappa shape index (κ1) is 14.3. The first-order chi connectivity index (χ1) is 11.2. The molecule has 0 amide bonds. The maximum Gasteiger partial charge on any atom is 0.133 e. The Morgan fingerprint density at radius 3 is 3.04 bits per heavy atom. The monoisotopic (exact) mass is 324 g/mol. The number of nitrogens with zero attached hydrogens (tertiary/aromatic N) is 3. The fraction of sp³-hybridized carbons (Fsp3) is 0.222. The van der Waals surface area contributed by atoms with Crippen LogP contribution in [0.3, 0.4) is 0 Å². The van der Waals surface area contributed by atoms with Crippen LogP contribution in [-0.2, 0) is 0 Å². The molecule has 0 aliphatic carbocycles. The fourth-order valence-electron chi connectivity index (χ4n) is 3.03. The Morgan fingerprint density at radius 2 is 2.22 bits per heavy atom. The summed E-state index contributed by atoms with van der Waals surface area (Å²) in [6, 6.07) is 10.5.